The summed E-state index contributed by atoms with van der Waals surface area (Å²) in [6.45, 7) is 7.66. The Bertz CT molecular complexity index is 516. The van der Waals surface area contributed by atoms with Crippen LogP contribution in [-0.4, -0.2) is 31.2 Å². The Morgan fingerprint density at radius 1 is 1.33 bits per heavy atom. The molecule has 0 bridgehead atoms. The number of benzene rings is 1. The molecule has 1 heterocycles. The number of rotatable bonds is 5. The lowest BCUT2D eigenvalue weighted by atomic mass is 9.90. The van der Waals surface area contributed by atoms with E-state index in [2.05, 4.69) is 19.2 Å². The fraction of sp³-hybridized carbons (Fsp3) is 0.562. The normalized spacial score (nSPS) is 16.4. The fourth-order valence-electron chi connectivity index (χ4n) is 2.62. The molecule has 1 aliphatic heterocycles. The van der Waals surface area contributed by atoms with Gasteiger partial charge in [-0.25, -0.2) is 0 Å². The predicted octanol–water partition coefficient (Wildman–Crippen LogP) is 1.95. The molecule has 0 aliphatic carbocycles. The number of carbonyl (C=O) groups is 1. The predicted molar refractivity (Wildman–Crippen MR) is 81.8 cm³/mol. The van der Waals surface area contributed by atoms with Crippen molar-refractivity contribution in [2.24, 2.45) is 11.7 Å². The summed E-state index contributed by atoms with van der Waals surface area (Å²) in [7, 11) is 0. The van der Waals surface area contributed by atoms with Gasteiger partial charge < -0.3 is 20.5 Å². The van der Waals surface area contributed by atoms with Crippen LogP contribution < -0.4 is 20.5 Å². The van der Waals surface area contributed by atoms with Gasteiger partial charge in [-0.1, -0.05) is 13.8 Å². The number of carbonyl (C=O) groups excluding carboxylic acids is 1. The molecule has 5 heteroatoms. The van der Waals surface area contributed by atoms with Crippen LogP contribution in [0.5, 0.6) is 11.5 Å². The highest BCUT2D eigenvalue weighted by atomic mass is 16.6. The van der Waals surface area contributed by atoms with E-state index in [-0.39, 0.29) is 5.91 Å². The van der Waals surface area contributed by atoms with E-state index in [0.29, 0.717) is 42.7 Å². The van der Waals surface area contributed by atoms with Gasteiger partial charge >= 0.3 is 0 Å². The quantitative estimate of drug-likeness (QED) is 0.870. The molecule has 1 aliphatic rings. The summed E-state index contributed by atoms with van der Waals surface area (Å²) in [6.07, 6.45) is 0.833. The second-order valence-corrected chi connectivity index (χ2v) is 6.18. The molecule has 0 saturated carbocycles. The Balaban J connectivity index is 2.12. The van der Waals surface area contributed by atoms with E-state index in [1.54, 1.807) is 18.2 Å². The average Bonchev–Trinajstić information content (AvgIpc) is 2.45. The van der Waals surface area contributed by atoms with Crippen LogP contribution in [-0.2, 0) is 0 Å². The highest BCUT2D eigenvalue weighted by Gasteiger charge is 2.27. The smallest absolute Gasteiger partial charge is 0.251 e. The van der Waals surface area contributed by atoms with Crippen molar-refractivity contribution in [3.05, 3.63) is 23.8 Å². The summed E-state index contributed by atoms with van der Waals surface area (Å²) in [5.74, 6) is 1.62. The van der Waals surface area contributed by atoms with Crippen molar-refractivity contribution in [3.63, 3.8) is 0 Å². The number of fused-ring (bicyclic) bond motifs is 1. The zero-order chi connectivity index (χ0) is 15.5. The summed E-state index contributed by atoms with van der Waals surface area (Å²) in [5.41, 5.74) is 5.99. The Hall–Kier alpha value is -1.75. The maximum absolute atomic E-state index is 12.4. The molecular formula is C16H24N2O3. The lowest BCUT2D eigenvalue weighted by Gasteiger charge is -2.31. The van der Waals surface area contributed by atoms with Crippen LogP contribution >= 0.6 is 0 Å². The molecule has 0 aromatic heterocycles. The standard InChI is InChI=1S/C16H24N2O3/c1-11(2)9-16(3,10-17)18-15(19)12-4-5-13-14(8-12)21-7-6-20-13/h4-5,8,11H,6-7,9-10,17H2,1-3H3,(H,18,19). The van der Waals surface area contributed by atoms with Crippen LogP contribution in [0.25, 0.3) is 0 Å². The third-order valence-electron chi connectivity index (χ3n) is 3.53. The molecule has 21 heavy (non-hydrogen) atoms. The number of amides is 1. The van der Waals surface area contributed by atoms with E-state index in [0.717, 1.165) is 6.42 Å². The lowest BCUT2D eigenvalue weighted by molar-refractivity contribution is 0.0897. The number of nitrogens with one attached hydrogen (secondary N) is 1. The Labute approximate surface area is 125 Å². The average molecular weight is 292 g/mol. The molecule has 0 fully saturated rings. The summed E-state index contributed by atoms with van der Waals surface area (Å²) >= 11 is 0. The van der Waals surface area contributed by atoms with Crippen LogP contribution in [0.15, 0.2) is 18.2 Å². The molecule has 1 aromatic rings. The SMILES string of the molecule is CC(C)CC(C)(CN)NC(=O)c1ccc2c(c1)OCCO2. The first kappa shape index (κ1) is 15.6. The van der Waals surface area contributed by atoms with E-state index in [1.807, 2.05) is 6.92 Å². The summed E-state index contributed by atoms with van der Waals surface area (Å²) in [5, 5.41) is 3.04. The van der Waals surface area contributed by atoms with Crippen LogP contribution in [0.1, 0.15) is 37.6 Å². The molecule has 1 aromatic carbocycles. The molecular weight excluding hydrogens is 268 g/mol. The van der Waals surface area contributed by atoms with Gasteiger partial charge in [0, 0.05) is 17.6 Å². The Morgan fingerprint density at radius 2 is 2.00 bits per heavy atom. The largest absolute Gasteiger partial charge is 0.486 e. The van der Waals surface area contributed by atoms with Crippen LogP contribution in [0.2, 0.25) is 0 Å². The van der Waals surface area contributed by atoms with Gasteiger partial charge in [-0.05, 0) is 37.5 Å². The first-order valence-electron chi connectivity index (χ1n) is 7.36. The lowest BCUT2D eigenvalue weighted by Crippen LogP contribution is -2.52. The highest BCUT2D eigenvalue weighted by Crippen LogP contribution is 2.31. The zero-order valence-corrected chi connectivity index (χ0v) is 12.9. The van der Waals surface area contributed by atoms with E-state index in [9.17, 15) is 4.79 Å². The second kappa shape index (κ2) is 6.35. The van der Waals surface area contributed by atoms with Crippen LogP contribution in [0.3, 0.4) is 0 Å². The van der Waals surface area contributed by atoms with Crippen molar-refractivity contribution in [2.75, 3.05) is 19.8 Å². The zero-order valence-electron chi connectivity index (χ0n) is 12.9. The maximum atomic E-state index is 12.4. The van der Waals surface area contributed by atoms with Gasteiger partial charge in [0.1, 0.15) is 13.2 Å². The van der Waals surface area contributed by atoms with Crippen molar-refractivity contribution >= 4 is 5.91 Å². The highest BCUT2D eigenvalue weighted by molar-refractivity contribution is 5.95. The van der Waals surface area contributed by atoms with Gasteiger partial charge in [-0.2, -0.15) is 0 Å². The molecule has 0 radical (unpaired) electrons. The van der Waals surface area contributed by atoms with E-state index < -0.39 is 5.54 Å². The van der Waals surface area contributed by atoms with Crippen LogP contribution in [0.4, 0.5) is 0 Å². The van der Waals surface area contributed by atoms with Gasteiger partial charge in [-0.15, -0.1) is 0 Å². The van der Waals surface area contributed by atoms with Crippen molar-refractivity contribution < 1.29 is 14.3 Å². The minimum absolute atomic E-state index is 0.138. The maximum Gasteiger partial charge on any atom is 0.251 e. The number of ether oxygens (including phenoxy) is 2. The molecule has 1 unspecified atom stereocenters. The van der Waals surface area contributed by atoms with Gasteiger partial charge in [0.25, 0.3) is 5.91 Å². The molecule has 5 nitrogen and oxygen atoms in total. The fourth-order valence-corrected chi connectivity index (χ4v) is 2.62. The van der Waals surface area contributed by atoms with E-state index >= 15 is 0 Å². The van der Waals surface area contributed by atoms with E-state index in [4.69, 9.17) is 15.2 Å². The molecule has 3 N–H and O–H groups in total. The number of hydrogen-bond donors (Lipinski definition) is 2. The van der Waals surface area contributed by atoms with Gasteiger partial charge in [-0.3, -0.25) is 4.79 Å². The van der Waals surface area contributed by atoms with Crippen LogP contribution in [0, 0.1) is 5.92 Å². The molecule has 1 amide bonds. The summed E-state index contributed by atoms with van der Waals surface area (Å²) in [4.78, 5) is 12.4. The molecule has 0 saturated heterocycles. The van der Waals surface area contributed by atoms with E-state index in [1.165, 1.54) is 0 Å². The first-order chi connectivity index (χ1) is 9.93. The molecule has 116 valence electrons. The molecule has 2 rings (SSSR count). The summed E-state index contributed by atoms with van der Waals surface area (Å²) < 4.78 is 11.0. The minimum atomic E-state index is -0.404. The van der Waals surface area contributed by atoms with Crippen molar-refractivity contribution in [1.82, 2.24) is 5.32 Å². The first-order valence-corrected chi connectivity index (χ1v) is 7.36. The number of hydrogen-bond acceptors (Lipinski definition) is 4. The minimum Gasteiger partial charge on any atom is -0.486 e. The van der Waals surface area contributed by atoms with Gasteiger partial charge in [0.05, 0.1) is 0 Å². The molecule has 1 atom stereocenters. The number of nitrogens with two attached hydrogens (primary N) is 1. The summed E-state index contributed by atoms with van der Waals surface area (Å²) in [6, 6.07) is 5.23. The van der Waals surface area contributed by atoms with Gasteiger partial charge in [0.2, 0.25) is 0 Å². The third kappa shape index (κ3) is 3.88. The molecule has 0 spiro atoms. The monoisotopic (exact) mass is 292 g/mol. The topological polar surface area (TPSA) is 73.6 Å². The third-order valence-corrected chi connectivity index (χ3v) is 3.53. The van der Waals surface area contributed by atoms with Gasteiger partial charge in [0.15, 0.2) is 11.5 Å². The Morgan fingerprint density at radius 3 is 2.62 bits per heavy atom. The second-order valence-electron chi connectivity index (χ2n) is 6.18. The van der Waals surface area contributed by atoms with Crippen molar-refractivity contribution in [1.29, 1.82) is 0 Å². The Kier molecular flexibility index (Phi) is 4.73. The van der Waals surface area contributed by atoms with Crippen molar-refractivity contribution in [2.45, 2.75) is 32.7 Å². The van der Waals surface area contributed by atoms with Crippen molar-refractivity contribution in [3.8, 4) is 11.5 Å².